The van der Waals surface area contributed by atoms with Crippen LogP contribution in [0.4, 0.5) is 5.13 Å². The van der Waals surface area contributed by atoms with Gasteiger partial charge in [-0.2, -0.15) is 0 Å². The average molecular weight is 400 g/mol. The number of nitrogens with zero attached hydrogens (tertiary/aromatic N) is 4. The Hall–Kier alpha value is -2.84. The fourth-order valence-corrected chi connectivity index (χ4v) is 3.92. The molecule has 27 heavy (non-hydrogen) atoms. The summed E-state index contributed by atoms with van der Waals surface area (Å²) in [4.78, 5) is 39.9. The number of benzene rings is 1. The largest absolute Gasteiger partial charge is 0.333 e. The smallest absolute Gasteiger partial charge is 0.277 e. The van der Waals surface area contributed by atoms with Crippen molar-refractivity contribution in [2.45, 2.75) is 13.0 Å². The van der Waals surface area contributed by atoms with Gasteiger partial charge in [-0.15, -0.1) is 0 Å². The molecule has 1 aromatic carbocycles. The molecule has 0 saturated carbocycles. The highest BCUT2D eigenvalue weighted by molar-refractivity contribution is 7.15. The Morgan fingerprint density at radius 3 is 2.74 bits per heavy atom. The molecule has 136 valence electrons. The van der Waals surface area contributed by atoms with E-state index in [0.717, 1.165) is 10.6 Å². The third kappa shape index (κ3) is 3.81. The van der Waals surface area contributed by atoms with E-state index in [9.17, 15) is 9.59 Å². The van der Waals surface area contributed by atoms with E-state index in [-0.39, 0.29) is 17.5 Å². The number of anilines is 1. The Morgan fingerprint density at radius 2 is 2.00 bits per heavy atom. The van der Waals surface area contributed by atoms with Crippen molar-refractivity contribution in [2.75, 3.05) is 11.9 Å². The number of hydrogen-bond acceptors (Lipinski definition) is 6. The van der Waals surface area contributed by atoms with Gasteiger partial charge in [-0.3, -0.25) is 19.9 Å². The first-order chi connectivity index (χ1) is 13.1. The van der Waals surface area contributed by atoms with E-state index in [1.165, 1.54) is 29.9 Å². The van der Waals surface area contributed by atoms with Gasteiger partial charge >= 0.3 is 0 Å². The summed E-state index contributed by atoms with van der Waals surface area (Å²) in [5, 5.41) is 3.84. The molecule has 0 aliphatic carbocycles. The average Bonchev–Trinajstić information content (AvgIpc) is 3.10. The second kappa shape index (κ2) is 7.42. The lowest BCUT2D eigenvalue weighted by Crippen LogP contribution is -2.35. The van der Waals surface area contributed by atoms with Crippen LogP contribution in [0.25, 0.3) is 0 Å². The molecule has 3 heterocycles. The molecule has 0 fully saturated rings. The van der Waals surface area contributed by atoms with E-state index in [4.69, 9.17) is 11.6 Å². The van der Waals surface area contributed by atoms with Gasteiger partial charge in [-0.25, -0.2) is 9.97 Å². The lowest BCUT2D eigenvalue weighted by Gasteiger charge is -2.26. The number of fused-ring (bicyclic) bond motifs is 1. The Kier molecular flexibility index (Phi) is 4.83. The minimum atomic E-state index is -0.358. The molecule has 0 spiro atoms. The standard InChI is InChI=1S/C18H14ClN5O2S/c19-12-3-1-11(2-4-12)17(26)24-8-5-13-15(10-24)27-18(22-13)23-16(25)14-9-20-6-7-21-14/h1-4,6-7,9H,5,8,10H2,(H,22,23,25). The summed E-state index contributed by atoms with van der Waals surface area (Å²) >= 11 is 7.25. The highest BCUT2D eigenvalue weighted by atomic mass is 35.5. The van der Waals surface area contributed by atoms with Crippen LogP contribution in [0.5, 0.6) is 0 Å². The first-order valence-electron chi connectivity index (χ1n) is 8.21. The molecule has 0 atom stereocenters. The second-order valence-corrected chi connectivity index (χ2v) is 7.44. The molecular formula is C18H14ClN5O2S. The van der Waals surface area contributed by atoms with Gasteiger partial charge in [0.25, 0.3) is 11.8 Å². The third-order valence-corrected chi connectivity index (χ3v) is 5.38. The van der Waals surface area contributed by atoms with Crippen LogP contribution in [0.3, 0.4) is 0 Å². The van der Waals surface area contributed by atoms with Gasteiger partial charge in [0.1, 0.15) is 5.69 Å². The zero-order valence-electron chi connectivity index (χ0n) is 14.1. The SMILES string of the molecule is O=C(Nc1nc2c(s1)CN(C(=O)c1ccc(Cl)cc1)CC2)c1cnccn1. The van der Waals surface area contributed by atoms with Crippen molar-refractivity contribution >= 4 is 39.9 Å². The zero-order valence-corrected chi connectivity index (χ0v) is 15.6. The molecule has 0 unspecified atom stereocenters. The summed E-state index contributed by atoms with van der Waals surface area (Å²) < 4.78 is 0. The van der Waals surface area contributed by atoms with Gasteiger partial charge in [0, 0.05) is 40.8 Å². The molecule has 1 N–H and O–H groups in total. The number of aromatic nitrogens is 3. The normalized spacial score (nSPS) is 13.1. The summed E-state index contributed by atoms with van der Waals surface area (Å²) in [5.41, 5.74) is 1.74. The van der Waals surface area contributed by atoms with Gasteiger partial charge < -0.3 is 4.90 Å². The molecular weight excluding hydrogens is 386 g/mol. The molecule has 0 bridgehead atoms. The van der Waals surface area contributed by atoms with Crippen LogP contribution in [-0.2, 0) is 13.0 Å². The highest BCUT2D eigenvalue weighted by Crippen LogP contribution is 2.29. The molecule has 1 aliphatic heterocycles. The third-order valence-electron chi connectivity index (χ3n) is 4.13. The van der Waals surface area contributed by atoms with E-state index in [1.807, 2.05) is 0 Å². The van der Waals surface area contributed by atoms with Crippen LogP contribution >= 0.6 is 22.9 Å². The summed E-state index contributed by atoms with van der Waals surface area (Å²) in [6.45, 7) is 1.05. The van der Waals surface area contributed by atoms with Crippen LogP contribution in [0.15, 0.2) is 42.9 Å². The lowest BCUT2D eigenvalue weighted by molar-refractivity contribution is 0.0736. The summed E-state index contributed by atoms with van der Waals surface area (Å²) in [6, 6.07) is 6.85. The van der Waals surface area contributed by atoms with Crippen LogP contribution in [0.2, 0.25) is 5.02 Å². The maximum Gasteiger partial charge on any atom is 0.277 e. The molecule has 0 saturated heterocycles. The van der Waals surface area contributed by atoms with Crippen LogP contribution in [0.1, 0.15) is 31.4 Å². The topological polar surface area (TPSA) is 88.1 Å². The highest BCUT2D eigenvalue weighted by Gasteiger charge is 2.25. The number of rotatable bonds is 3. The van der Waals surface area contributed by atoms with Crippen molar-refractivity contribution in [1.82, 2.24) is 19.9 Å². The maximum atomic E-state index is 12.7. The Bertz CT molecular complexity index is 991. The zero-order chi connectivity index (χ0) is 18.8. The van der Waals surface area contributed by atoms with Gasteiger partial charge in [-0.05, 0) is 24.3 Å². The monoisotopic (exact) mass is 399 g/mol. The van der Waals surface area contributed by atoms with Crippen molar-refractivity contribution in [2.24, 2.45) is 0 Å². The van der Waals surface area contributed by atoms with E-state index < -0.39 is 0 Å². The minimum Gasteiger partial charge on any atom is -0.333 e. The predicted octanol–water partition coefficient (Wildman–Crippen LogP) is 3.04. The second-order valence-electron chi connectivity index (χ2n) is 5.92. The predicted molar refractivity (Wildman–Crippen MR) is 102 cm³/mol. The Balaban J connectivity index is 1.47. The Labute approximate surface area is 164 Å². The first-order valence-corrected chi connectivity index (χ1v) is 9.40. The molecule has 4 rings (SSSR count). The number of thiazole rings is 1. The van der Waals surface area contributed by atoms with Gasteiger partial charge in [0.2, 0.25) is 0 Å². The van der Waals surface area contributed by atoms with Crippen LogP contribution < -0.4 is 5.32 Å². The number of amides is 2. The number of hydrogen-bond donors (Lipinski definition) is 1. The number of carbonyl (C=O) groups is 2. The first kappa shape index (κ1) is 17.6. The van der Waals surface area contributed by atoms with E-state index in [2.05, 4.69) is 20.3 Å². The minimum absolute atomic E-state index is 0.0455. The van der Waals surface area contributed by atoms with Gasteiger partial charge in [0.05, 0.1) is 18.4 Å². The molecule has 7 nitrogen and oxygen atoms in total. The van der Waals surface area contributed by atoms with Crippen LogP contribution in [0, 0.1) is 0 Å². The molecule has 2 aromatic heterocycles. The maximum absolute atomic E-state index is 12.7. The number of carbonyl (C=O) groups excluding carboxylic acids is 2. The van der Waals surface area contributed by atoms with E-state index in [0.29, 0.717) is 35.2 Å². The quantitative estimate of drug-likeness (QED) is 0.731. The molecule has 9 heteroatoms. The summed E-state index contributed by atoms with van der Waals surface area (Å²) in [7, 11) is 0. The van der Waals surface area contributed by atoms with Crippen molar-refractivity contribution in [3.8, 4) is 0 Å². The summed E-state index contributed by atoms with van der Waals surface area (Å²) in [6.07, 6.45) is 5.01. The van der Waals surface area contributed by atoms with Crippen molar-refractivity contribution in [3.05, 3.63) is 69.7 Å². The fourth-order valence-electron chi connectivity index (χ4n) is 2.77. The summed E-state index contributed by atoms with van der Waals surface area (Å²) in [5.74, 6) is -0.404. The molecule has 0 radical (unpaired) electrons. The number of nitrogens with one attached hydrogen (secondary N) is 1. The van der Waals surface area contributed by atoms with E-state index >= 15 is 0 Å². The van der Waals surface area contributed by atoms with Crippen molar-refractivity contribution in [3.63, 3.8) is 0 Å². The van der Waals surface area contributed by atoms with Crippen molar-refractivity contribution in [1.29, 1.82) is 0 Å². The van der Waals surface area contributed by atoms with Gasteiger partial charge in [0.15, 0.2) is 5.13 Å². The van der Waals surface area contributed by atoms with E-state index in [1.54, 1.807) is 29.2 Å². The molecule has 3 aromatic rings. The molecule has 1 aliphatic rings. The molecule has 2 amide bonds. The van der Waals surface area contributed by atoms with Gasteiger partial charge in [-0.1, -0.05) is 22.9 Å². The number of halogens is 1. The Morgan fingerprint density at radius 1 is 1.19 bits per heavy atom. The van der Waals surface area contributed by atoms with Crippen molar-refractivity contribution < 1.29 is 9.59 Å². The van der Waals surface area contributed by atoms with Crippen LogP contribution in [-0.4, -0.2) is 38.2 Å². The lowest BCUT2D eigenvalue weighted by atomic mass is 10.1. The fraction of sp³-hybridized carbons (Fsp3) is 0.167.